The maximum Gasteiger partial charge on any atom is 0.0598 e. The van der Waals surface area contributed by atoms with E-state index in [9.17, 15) is 0 Å². The van der Waals surface area contributed by atoms with Crippen molar-refractivity contribution in [3.05, 3.63) is 24.0 Å². The zero-order valence-corrected chi connectivity index (χ0v) is 13.1. The fraction of sp³-hybridized carbons (Fsp3) is 0.706. The van der Waals surface area contributed by atoms with Crippen molar-refractivity contribution in [2.75, 3.05) is 24.5 Å². The monoisotopic (exact) mass is 275 g/mol. The van der Waals surface area contributed by atoms with Gasteiger partial charge in [-0.3, -0.25) is 4.98 Å². The number of nitrogens with one attached hydrogen (secondary N) is 1. The summed E-state index contributed by atoms with van der Waals surface area (Å²) in [6, 6.07) is 2.16. The Balaban J connectivity index is 2.03. The second-order valence-electron chi connectivity index (χ2n) is 5.86. The zero-order valence-electron chi connectivity index (χ0n) is 13.1. The van der Waals surface area contributed by atoms with Crippen molar-refractivity contribution in [2.45, 2.75) is 52.5 Å². The quantitative estimate of drug-likeness (QED) is 0.860. The van der Waals surface area contributed by atoms with Gasteiger partial charge in [0, 0.05) is 25.8 Å². The van der Waals surface area contributed by atoms with Crippen LogP contribution in [0.3, 0.4) is 0 Å². The maximum atomic E-state index is 4.35. The van der Waals surface area contributed by atoms with Gasteiger partial charge in [-0.1, -0.05) is 26.7 Å². The lowest BCUT2D eigenvalue weighted by Gasteiger charge is -2.25. The van der Waals surface area contributed by atoms with Gasteiger partial charge in [0.1, 0.15) is 0 Å². The largest absolute Gasteiger partial charge is 0.370 e. The third-order valence-electron chi connectivity index (χ3n) is 4.34. The van der Waals surface area contributed by atoms with Crippen LogP contribution in [0.1, 0.15) is 51.5 Å². The Morgan fingerprint density at radius 1 is 1.30 bits per heavy atom. The molecule has 0 saturated carbocycles. The molecule has 0 aliphatic carbocycles. The molecule has 1 aliphatic rings. The second kappa shape index (κ2) is 8.25. The first-order valence-corrected chi connectivity index (χ1v) is 8.23. The normalized spacial score (nSPS) is 19.9. The maximum absolute atomic E-state index is 4.35. The van der Waals surface area contributed by atoms with Crippen molar-refractivity contribution in [1.29, 1.82) is 0 Å². The fourth-order valence-electron chi connectivity index (χ4n) is 3.21. The summed E-state index contributed by atoms with van der Waals surface area (Å²) in [5, 5.41) is 3.43. The molecule has 1 aromatic heterocycles. The zero-order chi connectivity index (χ0) is 14.2. The summed E-state index contributed by atoms with van der Waals surface area (Å²) in [5.41, 5.74) is 2.72. The molecule has 1 aromatic rings. The first-order chi connectivity index (χ1) is 9.85. The summed E-state index contributed by atoms with van der Waals surface area (Å²) in [6.45, 7) is 8.80. The molecule has 0 amide bonds. The molecular formula is C17H29N3. The van der Waals surface area contributed by atoms with Crippen LogP contribution in [0.5, 0.6) is 0 Å². The minimum Gasteiger partial charge on any atom is -0.370 e. The second-order valence-corrected chi connectivity index (χ2v) is 5.86. The molecule has 2 heterocycles. The van der Waals surface area contributed by atoms with Crippen molar-refractivity contribution < 1.29 is 0 Å². The summed E-state index contributed by atoms with van der Waals surface area (Å²) >= 11 is 0. The van der Waals surface area contributed by atoms with Gasteiger partial charge in [-0.05, 0) is 43.4 Å². The summed E-state index contributed by atoms with van der Waals surface area (Å²) in [5.74, 6) is 0.930. The van der Waals surface area contributed by atoms with Gasteiger partial charge in [0.15, 0.2) is 0 Å². The Bertz CT molecular complexity index is 392. The van der Waals surface area contributed by atoms with E-state index in [4.69, 9.17) is 0 Å². The third-order valence-corrected chi connectivity index (χ3v) is 4.34. The Hall–Kier alpha value is -1.09. The highest BCUT2D eigenvalue weighted by molar-refractivity contribution is 5.51. The van der Waals surface area contributed by atoms with Crippen molar-refractivity contribution in [3.8, 4) is 0 Å². The standard InChI is InChI=1S/C17H29N3/c1-3-6-15-7-5-11-20(12-9-15)17-14-19-10-8-16(17)13-18-4-2/h8,10,14-15,18H,3-7,9,11-13H2,1-2H3. The van der Waals surface area contributed by atoms with E-state index in [1.807, 2.05) is 12.4 Å². The molecule has 2 rings (SSSR count). The highest BCUT2D eigenvalue weighted by Gasteiger charge is 2.18. The molecule has 1 aliphatic heterocycles. The third kappa shape index (κ3) is 4.20. The molecular weight excluding hydrogens is 246 g/mol. The van der Waals surface area contributed by atoms with E-state index < -0.39 is 0 Å². The van der Waals surface area contributed by atoms with E-state index in [2.05, 4.69) is 35.1 Å². The number of anilines is 1. The van der Waals surface area contributed by atoms with Gasteiger partial charge in [0.2, 0.25) is 0 Å². The summed E-state index contributed by atoms with van der Waals surface area (Å²) in [4.78, 5) is 6.90. The summed E-state index contributed by atoms with van der Waals surface area (Å²) < 4.78 is 0. The number of rotatable bonds is 6. The van der Waals surface area contributed by atoms with E-state index in [0.717, 1.165) is 19.0 Å². The minimum absolute atomic E-state index is 0.930. The van der Waals surface area contributed by atoms with Crippen LogP contribution in [-0.2, 0) is 6.54 Å². The smallest absolute Gasteiger partial charge is 0.0598 e. The molecule has 0 radical (unpaired) electrons. The topological polar surface area (TPSA) is 28.2 Å². The lowest BCUT2D eigenvalue weighted by Crippen LogP contribution is -2.26. The molecule has 1 saturated heterocycles. The van der Waals surface area contributed by atoms with Crippen LogP contribution in [0, 0.1) is 5.92 Å². The molecule has 3 heteroatoms. The van der Waals surface area contributed by atoms with Crippen LogP contribution in [0.2, 0.25) is 0 Å². The predicted octanol–water partition coefficient (Wildman–Crippen LogP) is 3.60. The number of aromatic nitrogens is 1. The summed E-state index contributed by atoms with van der Waals surface area (Å²) in [6.07, 6.45) is 10.7. The molecule has 1 N–H and O–H groups in total. The molecule has 3 nitrogen and oxygen atoms in total. The van der Waals surface area contributed by atoms with Crippen molar-refractivity contribution >= 4 is 5.69 Å². The van der Waals surface area contributed by atoms with Gasteiger partial charge >= 0.3 is 0 Å². The van der Waals surface area contributed by atoms with Crippen molar-refractivity contribution in [1.82, 2.24) is 10.3 Å². The Labute approximate surface area is 123 Å². The van der Waals surface area contributed by atoms with Crippen LogP contribution in [0.15, 0.2) is 18.5 Å². The van der Waals surface area contributed by atoms with Crippen molar-refractivity contribution in [3.63, 3.8) is 0 Å². The first kappa shape index (κ1) is 15.3. The molecule has 1 fully saturated rings. The van der Waals surface area contributed by atoms with Crippen LogP contribution in [-0.4, -0.2) is 24.6 Å². The van der Waals surface area contributed by atoms with Gasteiger partial charge in [-0.25, -0.2) is 0 Å². The fourth-order valence-corrected chi connectivity index (χ4v) is 3.21. The van der Waals surface area contributed by atoms with Gasteiger partial charge in [-0.2, -0.15) is 0 Å². The Morgan fingerprint density at radius 3 is 3.00 bits per heavy atom. The number of nitrogens with zero attached hydrogens (tertiary/aromatic N) is 2. The Kier molecular flexibility index (Phi) is 6.31. The molecule has 1 atom stereocenters. The van der Waals surface area contributed by atoms with Gasteiger partial charge in [0.25, 0.3) is 0 Å². The van der Waals surface area contributed by atoms with E-state index in [1.165, 1.54) is 56.4 Å². The van der Waals surface area contributed by atoms with E-state index in [0.29, 0.717) is 0 Å². The minimum atomic E-state index is 0.930. The van der Waals surface area contributed by atoms with E-state index in [-0.39, 0.29) is 0 Å². The number of pyridine rings is 1. The average molecular weight is 275 g/mol. The van der Waals surface area contributed by atoms with Crippen LogP contribution >= 0.6 is 0 Å². The van der Waals surface area contributed by atoms with Gasteiger partial charge in [0.05, 0.1) is 11.9 Å². The van der Waals surface area contributed by atoms with Gasteiger partial charge < -0.3 is 10.2 Å². The van der Waals surface area contributed by atoms with Crippen molar-refractivity contribution in [2.24, 2.45) is 5.92 Å². The Morgan fingerprint density at radius 2 is 2.20 bits per heavy atom. The highest BCUT2D eigenvalue weighted by Crippen LogP contribution is 2.27. The molecule has 20 heavy (non-hydrogen) atoms. The lowest BCUT2D eigenvalue weighted by atomic mass is 9.96. The molecule has 0 aromatic carbocycles. The summed E-state index contributed by atoms with van der Waals surface area (Å²) in [7, 11) is 0. The molecule has 0 spiro atoms. The highest BCUT2D eigenvalue weighted by atomic mass is 15.1. The molecule has 1 unspecified atom stereocenters. The van der Waals surface area contributed by atoms with Gasteiger partial charge in [-0.15, -0.1) is 0 Å². The van der Waals surface area contributed by atoms with Crippen LogP contribution < -0.4 is 10.2 Å². The number of hydrogen-bond acceptors (Lipinski definition) is 3. The lowest BCUT2D eigenvalue weighted by molar-refractivity contribution is 0.435. The number of hydrogen-bond donors (Lipinski definition) is 1. The first-order valence-electron chi connectivity index (χ1n) is 8.23. The van der Waals surface area contributed by atoms with Crippen LogP contribution in [0.4, 0.5) is 5.69 Å². The molecule has 112 valence electrons. The molecule has 0 bridgehead atoms. The SMILES string of the molecule is CCCC1CCCN(c2cnccc2CNCC)CC1. The average Bonchev–Trinajstić information content (AvgIpc) is 2.71. The predicted molar refractivity (Wildman–Crippen MR) is 86.1 cm³/mol. The van der Waals surface area contributed by atoms with Crippen LogP contribution in [0.25, 0.3) is 0 Å². The van der Waals surface area contributed by atoms with E-state index in [1.54, 1.807) is 0 Å². The van der Waals surface area contributed by atoms with E-state index >= 15 is 0 Å².